The summed E-state index contributed by atoms with van der Waals surface area (Å²) in [7, 11) is 8.02. The fourth-order valence-electron chi connectivity index (χ4n) is 13.8. The summed E-state index contributed by atoms with van der Waals surface area (Å²) in [4.78, 5) is 0. The zero-order chi connectivity index (χ0) is 42.4. The van der Waals surface area contributed by atoms with Gasteiger partial charge >= 0.3 is 37.9 Å². The summed E-state index contributed by atoms with van der Waals surface area (Å²) in [5.41, 5.74) is 19.1. The third-order valence-electron chi connectivity index (χ3n) is 15.7. The molecule has 0 aromatic heterocycles. The molecule has 4 heteroatoms. The summed E-state index contributed by atoms with van der Waals surface area (Å²) in [5, 5.41) is 0. The van der Waals surface area contributed by atoms with Crippen LogP contribution >= 0.6 is 17.0 Å². The maximum atomic E-state index is 4.93. The molecule has 0 radical (unpaired) electrons. The second-order valence-corrected chi connectivity index (χ2v) is 30.4. The van der Waals surface area contributed by atoms with Gasteiger partial charge in [0.15, 0.2) is 0 Å². The standard InChI is InChI=1S/C55H72Si.2CH3.2ClH.Zr/c1-12-13-21-39-32-46-44(43-26-18-17-25-41(43)37-22-15-14-16-23-37)28-20-29-45(46)53(39)56(10,11)52-35(2)30-47-48(52)31-38-24-19-27-42(38)51(47)40-33-49(54(4,5)6)36(3)50(34-40)55(7,8)9;;;;;/h14-18,20,22-23,25-26,28-29,31,33-35,39,45-48,52-53H,12-13,19,21,24,27,30,32H2,1-11H3;2*1H3;2*1H;/q;2*-1;;;+4/p-2. The van der Waals surface area contributed by atoms with E-state index in [1.807, 2.05) is 0 Å². The van der Waals surface area contributed by atoms with E-state index in [1.165, 1.54) is 73.6 Å². The molecule has 0 spiro atoms. The molecule has 3 aromatic rings. The topological polar surface area (TPSA) is 0 Å². The third-order valence-corrected chi connectivity index (χ3v) is 21.0. The Morgan fingerprint density at radius 1 is 0.754 bits per heavy atom. The molecule has 8 atom stereocenters. The number of allylic oxidation sites excluding steroid dienone is 8. The van der Waals surface area contributed by atoms with Gasteiger partial charge in [0.05, 0.1) is 8.07 Å². The summed E-state index contributed by atoms with van der Waals surface area (Å²) in [6.07, 6.45) is 21.2. The van der Waals surface area contributed by atoms with E-state index in [-0.39, 0.29) is 25.7 Å². The van der Waals surface area contributed by atoms with Crippen LogP contribution in [0.3, 0.4) is 0 Å². The molecule has 0 amide bonds. The quantitative estimate of drug-likeness (QED) is 0.156. The van der Waals surface area contributed by atoms with Gasteiger partial charge in [0.2, 0.25) is 0 Å². The zero-order valence-corrected chi connectivity index (χ0v) is 45.2. The Kier molecular flexibility index (Phi) is 16.7. The molecular formula is C57H78Cl2SiZr. The normalized spacial score (nSPS) is 26.7. The molecule has 3 aromatic carbocycles. The van der Waals surface area contributed by atoms with Crippen LogP contribution in [0.4, 0.5) is 0 Å². The number of halogens is 2. The van der Waals surface area contributed by atoms with E-state index in [4.69, 9.17) is 17.0 Å². The summed E-state index contributed by atoms with van der Waals surface area (Å²) in [5.74, 6) is 4.12. The van der Waals surface area contributed by atoms with Gasteiger partial charge in [-0.25, -0.2) is 0 Å². The Balaban J connectivity index is 0.00000137. The van der Waals surface area contributed by atoms with E-state index in [2.05, 4.69) is 166 Å². The maximum absolute atomic E-state index is 4.93. The van der Waals surface area contributed by atoms with Crippen molar-refractivity contribution in [2.45, 2.75) is 149 Å². The number of hydrogen-bond donors (Lipinski definition) is 0. The molecule has 0 saturated heterocycles. The molecule has 61 heavy (non-hydrogen) atoms. The van der Waals surface area contributed by atoms with Crippen molar-refractivity contribution in [3.8, 4) is 11.1 Å². The fourth-order valence-corrected chi connectivity index (χ4v) is 20.0. The number of hydrogen-bond acceptors (Lipinski definition) is 0. The number of unbranched alkanes of at least 4 members (excludes halogenated alkanes) is 1. The van der Waals surface area contributed by atoms with Gasteiger partial charge in [-0.3, -0.25) is 0 Å². The first-order valence-electron chi connectivity index (χ1n) is 23.1. The Morgan fingerprint density at radius 3 is 1.97 bits per heavy atom. The first-order chi connectivity index (χ1) is 28.0. The van der Waals surface area contributed by atoms with E-state index in [0.717, 1.165) is 22.9 Å². The van der Waals surface area contributed by atoms with Crippen molar-refractivity contribution in [1.29, 1.82) is 0 Å². The van der Waals surface area contributed by atoms with Crippen molar-refractivity contribution >= 4 is 36.2 Å². The van der Waals surface area contributed by atoms with Gasteiger partial charge in [-0.15, -0.1) is 0 Å². The zero-order valence-electron chi connectivity index (χ0n) is 40.2. The molecule has 0 aliphatic heterocycles. The molecule has 3 fully saturated rings. The average molecular weight is 953 g/mol. The van der Waals surface area contributed by atoms with Crippen LogP contribution in [-0.4, -0.2) is 8.07 Å². The van der Waals surface area contributed by atoms with Crippen LogP contribution in [0.25, 0.3) is 22.3 Å². The van der Waals surface area contributed by atoms with Crippen molar-refractivity contribution in [3.63, 3.8) is 0 Å². The molecule has 5 aliphatic carbocycles. The molecule has 5 aliphatic rings. The van der Waals surface area contributed by atoms with Gasteiger partial charge in [-0.05, 0) is 158 Å². The van der Waals surface area contributed by atoms with Gasteiger partial charge < -0.3 is 14.9 Å². The summed E-state index contributed by atoms with van der Waals surface area (Å²) in [6.45, 7) is 27.9. The van der Waals surface area contributed by atoms with Crippen molar-refractivity contribution in [3.05, 3.63) is 145 Å². The molecular weight excluding hydrogens is 875 g/mol. The minimum atomic E-state index is -1.85. The Bertz CT molecular complexity index is 2070. The van der Waals surface area contributed by atoms with E-state index in [1.54, 1.807) is 39.0 Å². The number of rotatable bonds is 8. The first-order valence-corrected chi connectivity index (χ1v) is 32.6. The van der Waals surface area contributed by atoms with Crippen LogP contribution in [0, 0.1) is 57.3 Å². The van der Waals surface area contributed by atoms with Gasteiger partial charge in [0.1, 0.15) is 0 Å². The molecule has 8 unspecified atom stereocenters. The third kappa shape index (κ3) is 9.80. The van der Waals surface area contributed by atoms with Crippen molar-refractivity contribution in [1.82, 2.24) is 0 Å². The Hall–Kier alpha value is -1.70. The summed E-state index contributed by atoms with van der Waals surface area (Å²) < 4.78 is 0. The van der Waals surface area contributed by atoms with E-state index in [0.29, 0.717) is 23.7 Å². The van der Waals surface area contributed by atoms with Crippen molar-refractivity contribution in [2.75, 3.05) is 0 Å². The Labute approximate surface area is 394 Å². The summed E-state index contributed by atoms with van der Waals surface area (Å²) >= 11 is -0.826. The van der Waals surface area contributed by atoms with Crippen LogP contribution in [0.5, 0.6) is 0 Å². The number of benzene rings is 3. The van der Waals surface area contributed by atoms with Gasteiger partial charge in [0, 0.05) is 0 Å². The van der Waals surface area contributed by atoms with Crippen LogP contribution in [-0.2, 0) is 31.7 Å². The minimum absolute atomic E-state index is 0. The Morgan fingerprint density at radius 2 is 1.36 bits per heavy atom. The van der Waals surface area contributed by atoms with Crippen molar-refractivity contribution < 1.29 is 20.8 Å². The van der Waals surface area contributed by atoms with Gasteiger partial charge in [-0.2, -0.15) is 0 Å². The van der Waals surface area contributed by atoms with Gasteiger partial charge in [-0.1, -0.05) is 179 Å². The van der Waals surface area contributed by atoms with E-state index >= 15 is 0 Å². The van der Waals surface area contributed by atoms with Crippen LogP contribution in [0.2, 0.25) is 24.2 Å². The number of fused-ring (bicyclic) bond motifs is 3. The monoisotopic (exact) mass is 950 g/mol. The SMILES string of the molecule is CCCCC1CC2C(c3ccccc3-c3ccccc3)=CC=CC2C1[Si](C)(C)C1C(C)CC2C(c3cc(C(C)(C)C)c(C)c(C(C)(C)C)c3)=C3CCCC3=CC21.[CH3-].[CH3-].[Cl][Zr+2][Cl]. The van der Waals surface area contributed by atoms with E-state index in [9.17, 15) is 0 Å². The molecule has 0 heterocycles. The predicted molar refractivity (Wildman–Crippen MR) is 271 cm³/mol. The second-order valence-electron chi connectivity index (χ2n) is 21.7. The molecule has 3 saturated carbocycles. The van der Waals surface area contributed by atoms with Crippen molar-refractivity contribution in [2.24, 2.45) is 35.5 Å². The van der Waals surface area contributed by atoms with Crippen LogP contribution in [0.1, 0.15) is 135 Å². The van der Waals surface area contributed by atoms with E-state index < -0.39 is 28.9 Å². The molecule has 0 N–H and O–H groups in total. The molecule has 328 valence electrons. The average Bonchev–Trinajstić information content (AvgIpc) is 3.91. The van der Waals surface area contributed by atoms with Crippen LogP contribution in [0.15, 0.2) is 102 Å². The molecule has 0 bridgehead atoms. The molecule has 0 nitrogen and oxygen atoms in total. The predicted octanol–water partition coefficient (Wildman–Crippen LogP) is 18.2. The second kappa shape index (κ2) is 20.2. The molecule has 8 rings (SSSR count). The summed E-state index contributed by atoms with van der Waals surface area (Å²) in [6, 6.07) is 25.8. The fraction of sp³-hybridized carbons (Fsp3) is 0.509. The first kappa shape index (κ1) is 50.3. The van der Waals surface area contributed by atoms with Gasteiger partial charge in [0.25, 0.3) is 0 Å². The van der Waals surface area contributed by atoms with Crippen LogP contribution < -0.4 is 0 Å².